The molecule has 160 valence electrons. The van der Waals surface area contributed by atoms with Gasteiger partial charge in [0.05, 0.1) is 24.0 Å². The van der Waals surface area contributed by atoms with Crippen LogP contribution in [0.3, 0.4) is 0 Å². The van der Waals surface area contributed by atoms with Crippen LogP contribution < -0.4 is 0 Å². The van der Waals surface area contributed by atoms with Gasteiger partial charge < -0.3 is 0 Å². The smallest absolute Gasteiger partial charge is 0.280 e. The van der Waals surface area contributed by atoms with Gasteiger partial charge in [-0.1, -0.05) is 28.9 Å². The van der Waals surface area contributed by atoms with Crippen LogP contribution in [-0.2, 0) is 16.2 Å². The number of benzene rings is 1. The molecule has 13 heteroatoms. The summed E-state index contributed by atoms with van der Waals surface area (Å²) in [5.41, 5.74) is 0.546. The number of sulfonamides is 1. The number of H-pyrrole nitrogens is 1. The number of aromatic nitrogens is 3. The van der Waals surface area contributed by atoms with Crippen LogP contribution in [0.5, 0.6) is 0 Å². The lowest BCUT2D eigenvalue weighted by atomic mass is 9.96. The molecule has 2 aliphatic rings. The summed E-state index contributed by atoms with van der Waals surface area (Å²) in [7, 11) is -4.40. The number of rotatable bonds is 3. The molecule has 3 aromatic rings. The maximum atomic E-state index is 13.6. The molecule has 2 aliphatic heterocycles. The van der Waals surface area contributed by atoms with Gasteiger partial charge in [0.15, 0.2) is 6.04 Å². The molecule has 2 aromatic heterocycles. The van der Waals surface area contributed by atoms with E-state index in [1.165, 1.54) is 6.20 Å². The first-order valence-electron chi connectivity index (χ1n) is 8.87. The summed E-state index contributed by atoms with van der Waals surface area (Å²) in [5, 5.41) is 10.0. The Morgan fingerprint density at radius 3 is 2.55 bits per heavy atom. The lowest BCUT2D eigenvalue weighted by molar-refractivity contribution is -0.141. The van der Waals surface area contributed by atoms with Crippen molar-refractivity contribution in [3.05, 3.63) is 80.7 Å². The molecule has 2 bridgehead atoms. The maximum absolute atomic E-state index is 13.6. The summed E-state index contributed by atoms with van der Waals surface area (Å²) in [6, 6.07) is 3.19. The van der Waals surface area contributed by atoms with Crippen molar-refractivity contribution in [2.45, 2.75) is 29.2 Å². The van der Waals surface area contributed by atoms with E-state index in [0.29, 0.717) is 34.6 Å². The van der Waals surface area contributed by atoms with E-state index in [0.717, 1.165) is 10.4 Å². The second-order valence-electron chi connectivity index (χ2n) is 7.09. The molecule has 0 radical (unpaired) electrons. The predicted molar refractivity (Wildman–Crippen MR) is 101 cm³/mol. The average Bonchev–Trinajstić information content (AvgIpc) is 3.31. The van der Waals surface area contributed by atoms with E-state index in [4.69, 9.17) is 11.6 Å². The number of halogens is 4. The Hall–Kier alpha value is -2.83. The van der Waals surface area contributed by atoms with E-state index < -0.39 is 44.9 Å². The molecular formula is C18H11ClF3N5O3S. The van der Waals surface area contributed by atoms with Crippen LogP contribution in [0.15, 0.2) is 52.8 Å². The van der Waals surface area contributed by atoms with Crippen molar-refractivity contribution in [2.75, 3.05) is 0 Å². The second kappa shape index (κ2) is 6.58. The molecule has 5 rings (SSSR count). The zero-order valence-corrected chi connectivity index (χ0v) is 16.8. The Morgan fingerprint density at radius 1 is 1.13 bits per heavy atom. The first kappa shape index (κ1) is 20.1. The Bertz CT molecular complexity index is 1310. The van der Waals surface area contributed by atoms with E-state index >= 15 is 0 Å². The molecular weight excluding hydrogens is 459 g/mol. The summed E-state index contributed by atoms with van der Waals surface area (Å²) >= 11 is 6.37. The van der Waals surface area contributed by atoms with Crippen molar-refractivity contribution in [3.8, 4) is 0 Å². The van der Waals surface area contributed by atoms with Crippen LogP contribution >= 0.6 is 11.6 Å². The summed E-state index contributed by atoms with van der Waals surface area (Å²) in [6.45, 7) is 0. The van der Waals surface area contributed by atoms with Crippen LogP contribution in [0.4, 0.5) is 13.2 Å². The number of alkyl halides is 3. The van der Waals surface area contributed by atoms with Crippen molar-refractivity contribution in [1.82, 2.24) is 19.5 Å². The summed E-state index contributed by atoms with van der Waals surface area (Å²) in [4.78, 5) is 14.6. The van der Waals surface area contributed by atoms with Crippen molar-refractivity contribution in [1.29, 1.82) is 0 Å². The highest BCUT2D eigenvalue weighted by Crippen LogP contribution is 2.60. The molecule has 8 nitrogen and oxygen atoms in total. The molecule has 1 aromatic carbocycles. The van der Waals surface area contributed by atoms with Crippen LogP contribution in [0.2, 0.25) is 5.02 Å². The van der Waals surface area contributed by atoms with Crippen molar-refractivity contribution < 1.29 is 21.6 Å². The molecule has 4 heterocycles. The highest BCUT2D eigenvalue weighted by Gasteiger charge is 2.56. The molecule has 31 heavy (non-hydrogen) atoms. The van der Waals surface area contributed by atoms with Crippen LogP contribution in [0, 0.1) is 4.91 Å². The maximum Gasteiger partial charge on any atom is 0.433 e. The topological polar surface area (TPSA) is 108 Å². The Labute approximate surface area is 178 Å². The molecule has 0 aliphatic carbocycles. The Kier molecular flexibility index (Phi) is 4.27. The minimum atomic E-state index is -4.71. The molecule has 0 saturated heterocycles. The highest BCUT2D eigenvalue weighted by molar-refractivity contribution is 7.89. The Balaban J connectivity index is 1.71. The normalized spacial score (nSPS) is 22.8. The number of hydrogen-bond acceptors (Lipinski definition) is 6. The van der Waals surface area contributed by atoms with Gasteiger partial charge in [-0.15, -0.1) is 0 Å². The molecule has 0 saturated carbocycles. The first-order chi connectivity index (χ1) is 14.7. The number of pyridine rings is 1. The average molecular weight is 470 g/mol. The summed E-state index contributed by atoms with van der Waals surface area (Å²) < 4.78 is 66.8. The van der Waals surface area contributed by atoms with E-state index in [2.05, 4.69) is 20.4 Å². The van der Waals surface area contributed by atoms with Gasteiger partial charge in [-0.25, -0.2) is 8.42 Å². The first-order valence-corrected chi connectivity index (χ1v) is 10.7. The third-order valence-electron chi connectivity index (χ3n) is 5.51. The quantitative estimate of drug-likeness (QED) is 0.580. The third kappa shape index (κ3) is 2.75. The van der Waals surface area contributed by atoms with E-state index in [1.807, 2.05) is 0 Å². The number of nitrogens with one attached hydrogen (secondary N) is 1. The third-order valence-corrected chi connectivity index (χ3v) is 7.67. The summed E-state index contributed by atoms with van der Waals surface area (Å²) in [6.07, 6.45) is -2.66. The fraction of sp³-hybridized carbons (Fsp3) is 0.222. The lowest BCUT2D eigenvalue weighted by Crippen LogP contribution is -2.39. The van der Waals surface area contributed by atoms with Crippen LogP contribution in [0.25, 0.3) is 0 Å². The summed E-state index contributed by atoms with van der Waals surface area (Å²) in [5.74, 6) is 0. The second-order valence-corrected chi connectivity index (χ2v) is 9.34. The van der Waals surface area contributed by atoms with E-state index in [1.54, 1.807) is 18.2 Å². The Morgan fingerprint density at radius 2 is 1.90 bits per heavy atom. The SMILES string of the molecule is O=NC1c2[nH]ncc2C2c3cccc(Cl)c3C1N2S(=O)(=O)c1ccc(C(F)(F)F)nc1. The van der Waals surface area contributed by atoms with Crippen LogP contribution in [0.1, 0.15) is 46.2 Å². The fourth-order valence-corrected chi connectivity index (χ4v) is 6.26. The molecule has 0 fully saturated rings. The largest absolute Gasteiger partial charge is 0.433 e. The van der Waals surface area contributed by atoms with Gasteiger partial charge in [-0.2, -0.15) is 27.5 Å². The molecule has 1 N–H and O–H groups in total. The number of nitroso groups, excluding NO2 is 1. The van der Waals surface area contributed by atoms with Crippen LogP contribution in [-0.4, -0.2) is 27.9 Å². The van der Waals surface area contributed by atoms with Crippen molar-refractivity contribution in [3.63, 3.8) is 0 Å². The van der Waals surface area contributed by atoms with Gasteiger partial charge in [0.1, 0.15) is 10.6 Å². The zero-order valence-electron chi connectivity index (χ0n) is 15.2. The monoisotopic (exact) mass is 469 g/mol. The highest BCUT2D eigenvalue weighted by atomic mass is 35.5. The standard InChI is InChI=1S/C18H11ClF3N5O3S/c19-11-3-1-2-9-13(11)17-15(26-28)14-10(7-24-25-14)16(9)27(17)31(29,30)8-4-5-12(23-6-8)18(20,21)22/h1-7,15-17H,(H,24,25). The van der Waals surface area contributed by atoms with E-state index in [9.17, 15) is 26.5 Å². The molecule has 3 atom stereocenters. The molecule has 0 spiro atoms. The zero-order chi connectivity index (χ0) is 22.1. The van der Waals surface area contributed by atoms with Gasteiger partial charge in [-0.3, -0.25) is 10.1 Å². The van der Waals surface area contributed by atoms with Gasteiger partial charge in [0, 0.05) is 16.8 Å². The number of fused-ring (bicyclic) bond motifs is 7. The van der Waals surface area contributed by atoms with Crippen molar-refractivity contribution >= 4 is 21.6 Å². The minimum absolute atomic E-state index is 0.252. The van der Waals surface area contributed by atoms with Gasteiger partial charge >= 0.3 is 6.18 Å². The number of nitrogens with zero attached hydrogens (tertiary/aromatic N) is 4. The molecule has 3 unspecified atom stereocenters. The van der Waals surface area contributed by atoms with Gasteiger partial charge in [0.2, 0.25) is 10.0 Å². The van der Waals surface area contributed by atoms with Gasteiger partial charge in [-0.05, 0) is 29.3 Å². The number of aromatic amines is 1. The number of hydrogen-bond donors (Lipinski definition) is 1. The molecule has 0 amide bonds. The van der Waals surface area contributed by atoms with Crippen molar-refractivity contribution in [2.24, 2.45) is 5.18 Å². The van der Waals surface area contributed by atoms with E-state index in [-0.39, 0.29) is 5.02 Å². The minimum Gasteiger partial charge on any atom is -0.280 e. The lowest BCUT2D eigenvalue weighted by Gasteiger charge is -2.36. The fourth-order valence-electron chi connectivity index (χ4n) is 4.27. The predicted octanol–water partition coefficient (Wildman–Crippen LogP) is 4.13. The van der Waals surface area contributed by atoms with Gasteiger partial charge in [0.25, 0.3) is 0 Å².